The molecule has 0 fully saturated rings. The second kappa shape index (κ2) is 3.69. The van der Waals surface area contributed by atoms with Gasteiger partial charge in [0.25, 0.3) is 6.47 Å². The number of carbonyl (C=O) groups is 1. The van der Waals surface area contributed by atoms with Crippen molar-refractivity contribution in [3.8, 4) is 0 Å². The molecule has 0 bridgehead atoms. The zero-order chi connectivity index (χ0) is 4.12. The largest absolute Gasteiger partial charge is 0.527 e. The molecule has 0 spiro atoms. The maximum atomic E-state index is 9.22. The summed E-state index contributed by atoms with van der Waals surface area (Å²) in [6.07, 6.45) is 0. The number of carbonyl (C=O) groups excluding carboxylic acids is 1. The molecule has 5 heavy (non-hydrogen) atoms. The van der Waals surface area contributed by atoms with Gasteiger partial charge in [0, 0.05) is 0 Å². The average molecular weight is 90.2 g/mol. The summed E-state index contributed by atoms with van der Waals surface area (Å²) in [7, 11) is -0.454. The molecule has 30 valence electrons. The van der Waals surface area contributed by atoms with Crippen LogP contribution in [0.1, 0.15) is 0 Å². The van der Waals surface area contributed by atoms with Crippen molar-refractivity contribution in [2.45, 2.75) is 6.55 Å². The van der Waals surface area contributed by atoms with Crippen molar-refractivity contribution in [3.63, 3.8) is 0 Å². The Morgan fingerprint density at radius 3 is 2.60 bits per heavy atom. The van der Waals surface area contributed by atoms with Gasteiger partial charge in [-0.1, -0.05) is 0 Å². The predicted molar refractivity (Wildman–Crippen MR) is 21.6 cm³/mol. The first-order valence-corrected chi connectivity index (χ1v) is 3.46. The van der Waals surface area contributed by atoms with Crippen molar-refractivity contribution in [3.05, 3.63) is 0 Å². The lowest BCUT2D eigenvalue weighted by Crippen LogP contribution is -1.85. The van der Waals surface area contributed by atoms with Crippen molar-refractivity contribution in [1.29, 1.82) is 0 Å². The Hall–Kier alpha value is -0.313. The Bertz CT molecular complexity index is 28.8. The van der Waals surface area contributed by atoms with Crippen LogP contribution in [0.25, 0.3) is 0 Å². The van der Waals surface area contributed by atoms with Crippen LogP contribution in [0.2, 0.25) is 6.55 Å². The van der Waals surface area contributed by atoms with Gasteiger partial charge in [0.1, 0.15) is 0 Å². The Morgan fingerprint density at radius 2 is 2.60 bits per heavy atom. The molecule has 0 radical (unpaired) electrons. The highest BCUT2D eigenvalue weighted by atomic mass is 28.2. The molecule has 0 aliphatic carbocycles. The summed E-state index contributed by atoms with van der Waals surface area (Å²) >= 11 is 0. The van der Waals surface area contributed by atoms with Gasteiger partial charge in [-0.25, -0.2) is 0 Å². The lowest BCUT2D eigenvalue weighted by atomic mass is 11.7. The zero-order valence-electron chi connectivity index (χ0n) is 3.10. The first-order valence-electron chi connectivity index (χ1n) is 1.47. The van der Waals surface area contributed by atoms with Crippen molar-refractivity contribution in [1.82, 2.24) is 0 Å². The zero-order valence-corrected chi connectivity index (χ0v) is 4.52. The minimum Gasteiger partial charge on any atom is -0.527 e. The summed E-state index contributed by atoms with van der Waals surface area (Å²) in [6, 6.07) is 0. The van der Waals surface area contributed by atoms with Crippen LogP contribution in [-0.4, -0.2) is 16.2 Å². The molecular weight excluding hydrogens is 84.1 g/mol. The Balaban J connectivity index is 2.40. The standard InChI is InChI=1S/C2H6O2Si/c1-5-4-2-3/h2H,5H2,1H3. The van der Waals surface area contributed by atoms with E-state index in [2.05, 4.69) is 4.43 Å². The Kier molecular flexibility index (Phi) is 3.46. The normalized spacial score (nSPS) is 9.00. The van der Waals surface area contributed by atoms with Crippen molar-refractivity contribution >= 4 is 16.2 Å². The molecule has 3 heteroatoms. The smallest absolute Gasteiger partial charge is 0.279 e. The van der Waals surface area contributed by atoms with Gasteiger partial charge in [-0.15, -0.1) is 0 Å². The fourth-order valence-corrected chi connectivity index (χ4v) is 0.204. The van der Waals surface area contributed by atoms with Gasteiger partial charge in [0.05, 0.1) is 0 Å². The third-order valence-electron chi connectivity index (χ3n) is 0.235. The SMILES string of the molecule is C[SiH2]OC=O. The molecule has 0 aromatic carbocycles. The van der Waals surface area contributed by atoms with Crippen LogP contribution < -0.4 is 0 Å². The maximum absolute atomic E-state index is 9.22. The first-order chi connectivity index (χ1) is 2.41. The molecule has 0 unspecified atom stereocenters. The van der Waals surface area contributed by atoms with E-state index in [1.54, 1.807) is 0 Å². The van der Waals surface area contributed by atoms with E-state index in [1.165, 1.54) is 0 Å². The van der Waals surface area contributed by atoms with E-state index in [-0.39, 0.29) is 0 Å². The van der Waals surface area contributed by atoms with Crippen LogP contribution in [0.15, 0.2) is 0 Å². The number of rotatable bonds is 2. The lowest BCUT2D eigenvalue weighted by Gasteiger charge is -1.79. The van der Waals surface area contributed by atoms with Gasteiger partial charge in [-0.3, -0.25) is 4.79 Å². The van der Waals surface area contributed by atoms with Crippen LogP contribution in [0.5, 0.6) is 0 Å². The molecule has 0 aliphatic heterocycles. The van der Waals surface area contributed by atoms with E-state index < -0.39 is 9.76 Å². The van der Waals surface area contributed by atoms with Gasteiger partial charge in [-0.05, 0) is 6.55 Å². The van der Waals surface area contributed by atoms with E-state index in [1.807, 2.05) is 6.55 Å². The molecule has 0 N–H and O–H groups in total. The molecule has 0 aromatic heterocycles. The molecule has 0 atom stereocenters. The predicted octanol–water partition coefficient (Wildman–Crippen LogP) is -0.709. The third kappa shape index (κ3) is 3.69. The van der Waals surface area contributed by atoms with Crippen LogP contribution in [0.3, 0.4) is 0 Å². The Morgan fingerprint density at radius 1 is 2.00 bits per heavy atom. The molecule has 0 rings (SSSR count). The fourth-order valence-electron chi connectivity index (χ4n) is 0.0680. The molecule has 0 aliphatic rings. The van der Waals surface area contributed by atoms with Crippen LogP contribution in [0, 0.1) is 0 Å². The highest BCUT2D eigenvalue weighted by molar-refractivity contribution is 6.27. The van der Waals surface area contributed by atoms with Crippen molar-refractivity contribution in [2.75, 3.05) is 0 Å². The average Bonchev–Trinajstić information content (AvgIpc) is 1.41. The van der Waals surface area contributed by atoms with E-state index in [4.69, 9.17) is 0 Å². The van der Waals surface area contributed by atoms with E-state index in [0.29, 0.717) is 6.47 Å². The molecule has 0 saturated heterocycles. The molecule has 0 amide bonds. The minimum absolute atomic E-state index is 0.454. The van der Waals surface area contributed by atoms with Gasteiger partial charge in [-0.2, -0.15) is 0 Å². The molecular formula is C2H6O2Si. The van der Waals surface area contributed by atoms with Crippen LogP contribution in [-0.2, 0) is 9.22 Å². The third-order valence-corrected chi connectivity index (χ3v) is 0.704. The summed E-state index contributed by atoms with van der Waals surface area (Å²) in [5, 5.41) is 0. The van der Waals surface area contributed by atoms with Crippen LogP contribution in [0.4, 0.5) is 0 Å². The molecule has 0 aromatic rings. The quantitative estimate of drug-likeness (QED) is 0.331. The maximum Gasteiger partial charge on any atom is 0.279 e. The second-order valence-electron chi connectivity index (χ2n) is 0.552. The summed E-state index contributed by atoms with van der Waals surface area (Å²) < 4.78 is 4.29. The van der Waals surface area contributed by atoms with Crippen LogP contribution >= 0.6 is 0 Å². The second-order valence-corrected chi connectivity index (χ2v) is 1.46. The molecule has 2 nitrogen and oxygen atoms in total. The number of hydrogen-bond donors (Lipinski definition) is 0. The lowest BCUT2D eigenvalue weighted by molar-refractivity contribution is -0.120. The van der Waals surface area contributed by atoms with Gasteiger partial charge >= 0.3 is 0 Å². The number of hydrogen-bond acceptors (Lipinski definition) is 2. The van der Waals surface area contributed by atoms with Crippen molar-refractivity contribution < 1.29 is 9.22 Å². The van der Waals surface area contributed by atoms with Crippen molar-refractivity contribution in [2.24, 2.45) is 0 Å². The first kappa shape index (κ1) is 4.69. The monoisotopic (exact) mass is 90.0 g/mol. The topological polar surface area (TPSA) is 26.3 Å². The molecule has 0 heterocycles. The highest BCUT2D eigenvalue weighted by Crippen LogP contribution is 1.51. The summed E-state index contributed by atoms with van der Waals surface area (Å²) in [5.74, 6) is 0. The summed E-state index contributed by atoms with van der Waals surface area (Å²) in [6.45, 7) is 2.39. The van der Waals surface area contributed by atoms with Gasteiger partial charge < -0.3 is 4.43 Å². The molecule has 0 saturated carbocycles. The Labute approximate surface area is 33.1 Å². The fraction of sp³-hybridized carbons (Fsp3) is 0.500. The van der Waals surface area contributed by atoms with E-state index in [9.17, 15) is 4.79 Å². The van der Waals surface area contributed by atoms with Gasteiger partial charge in [0.2, 0.25) is 9.76 Å². The summed E-state index contributed by atoms with van der Waals surface area (Å²) in [5.41, 5.74) is 0. The van der Waals surface area contributed by atoms with Gasteiger partial charge in [0.15, 0.2) is 0 Å². The highest BCUT2D eigenvalue weighted by Gasteiger charge is 1.63. The minimum atomic E-state index is -0.454. The van der Waals surface area contributed by atoms with E-state index in [0.717, 1.165) is 0 Å². The van der Waals surface area contributed by atoms with E-state index >= 15 is 0 Å². The summed E-state index contributed by atoms with van der Waals surface area (Å²) in [4.78, 5) is 9.22.